The van der Waals surface area contributed by atoms with E-state index in [1.54, 1.807) is 0 Å². The van der Waals surface area contributed by atoms with Gasteiger partial charge in [0.25, 0.3) is 0 Å². The molecule has 0 atom stereocenters. The minimum Gasteiger partial charge on any atom is -0.359 e. The van der Waals surface area contributed by atoms with Crippen molar-refractivity contribution in [2.75, 3.05) is 20.1 Å². The zero-order valence-corrected chi connectivity index (χ0v) is 17.5. The fraction of sp³-hybridized carbons (Fsp3) is 0.778. The molecule has 0 radical (unpaired) electrons. The zero-order valence-electron chi connectivity index (χ0n) is 15.2. The summed E-state index contributed by atoms with van der Waals surface area (Å²) < 4.78 is 5.41. The van der Waals surface area contributed by atoms with Gasteiger partial charge in [-0.25, -0.2) is 0 Å². The molecule has 136 valence electrons. The summed E-state index contributed by atoms with van der Waals surface area (Å²) in [6, 6.07) is 2.04. The molecule has 0 bridgehead atoms. The average Bonchev–Trinajstić information content (AvgIpc) is 3.17. The summed E-state index contributed by atoms with van der Waals surface area (Å²) in [6.07, 6.45) is 8.30. The molecule has 1 aliphatic heterocycles. The number of likely N-dealkylation sites (tertiary alicyclic amines) is 1. The van der Waals surface area contributed by atoms with Crippen molar-refractivity contribution in [2.45, 2.75) is 64.8 Å². The number of guanidine groups is 1. The maximum absolute atomic E-state index is 5.41. The monoisotopic (exact) mass is 446 g/mol. The summed E-state index contributed by atoms with van der Waals surface area (Å²) in [4.78, 5) is 6.90. The summed E-state index contributed by atoms with van der Waals surface area (Å²) in [5, 5.41) is 7.56. The van der Waals surface area contributed by atoms with Gasteiger partial charge in [0, 0.05) is 26.2 Å². The first kappa shape index (κ1) is 19.5. The van der Waals surface area contributed by atoms with E-state index in [4.69, 9.17) is 4.52 Å². The van der Waals surface area contributed by atoms with Crippen LogP contribution in [0.4, 0.5) is 0 Å². The molecule has 1 saturated carbocycles. The number of rotatable bonds is 3. The van der Waals surface area contributed by atoms with E-state index in [1.165, 1.54) is 38.5 Å². The molecule has 1 aromatic rings. The predicted molar refractivity (Wildman–Crippen MR) is 108 cm³/mol. The van der Waals surface area contributed by atoms with Crippen LogP contribution in [0.15, 0.2) is 15.6 Å². The number of hydrogen-bond acceptors (Lipinski definition) is 3. The maximum Gasteiger partial charge on any atom is 0.194 e. The Bertz CT molecular complexity index is 549. The van der Waals surface area contributed by atoms with E-state index < -0.39 is 0 Å². The number of hydrogen-bond donors (Lipinski definition) is 1. The van der Waals surface area contributed by atoms with Crippen molar-refractivity contribution >= 4 is 29.9 Å². The topological polar surface area (TPSA) is 53.7 Å². The molecule has 1 N–H and O–H groups in total. The Morgan fingerprint density at radius 2 is 2.08 bits per heavy atom. The molecule has 3 rings (SSSR count). The highest BCUT2D eigenvalue weighted by Gasteiger charge is 2.39. The average molecular weight is 446 g/mol. The van der Waals surface area contributed by atoms with Gasteiger partial charge in [-0.3, -0.25) is 4.99 Å². The molecule has 2 heterocycles. The van der Waals surface area contributed by atoms with E-state index in [0.717, 1.165) is 30.5 Å². The lowest BCUT2D eigenvalue weighted by atomic mass is 9.73. The Morgan fingerprint density at radius 1 is 1.33 bits per heavy atom. The second-order valence-corrected chi connectivity index (χ2v) is 7.51. The van der Waals surface area contributed by atoms with Crippen LogP contribution in [0.25, 0.3) is 0 Å². The van der Waals surface area contributed by atoms with Gasteiger partial charge in [-0.1, -0.05) is 38.3 Å². The minimum atomic E-state index is 0. The van der Waals surface area contributed by atoms with Crippen molar-refractivity contribution in [1.29, 1.82) is 0 Å². The quantitative estimate of drug-likeness (QED) is 0.431. The van der Waals surface area contributed by atoms with Gasteiger partial charge in [0.1, 0.15) is 0 Å². The Kier molecular flexibility index (Phi) is 6.95. The van der Waals surface area contributed by atoms with E-state index in [-0.39, 0.29) is 24.0 Å². The molecule has 1 saturated heterocycles. The molecule has 24 heavy (non-hydrogen) atoms. The first-order valence-corrected chi connectivity index (χ1v) is 9.03. The molecule has 2 fully saturated rings. The Morgan fingerprint density at radius 3 is 2.71 bits per heavy atom. The van der Waals surface area contributed by atoms with Crippen LogP contribution in [0.1, 0.15) is 69.7 Å². The summed E-state index contributed by atoms with van der Waals surface area (Å²) in [5.74, 6) is 2.27. The normalized spacial score (nSPS) is 20.5. The van der Waals surface area contributed by atoms with Crippen LogP contribution in [0.3, 0.4) is 0 Å². The molecule has 5 nitrogen and oxygen atoms in total. The summed E-state index contributed by atoms with van der Waals surface area (Å²) in [7, 11) is 1.87. The third kappa shape index (κ3) is 4.43. The zero-order chi connectivity index (χ0) is 16.3. The van der Waals surface area contributed by atoms with Crippen LogP contribution < -0.4 is 5.32 Å². The van der Waals surface area contributed by atoms with Gasteiger partial charge in [-0.2, -0.15) is 0 Å². The lowest BCUT2D eigenvalue weighted by Crippen LogP contribution is -2.41. The van der Waals surface area contributed by atoms with Crippen molar-refractivity contribution in [3.8, 4) is 0 Å². The molecule has 0 aromatic carbocycles. The van der Waals surface area contributed by atoms with Crippen LogP contribution in [0.2, 0.25) is 0 Å². The van der Waals surface area contributed by atoms with Crippen molar-refractivity contribution in [3.05, 3.63) is 17.5 Å². The number of halogens is 1. The van der Waals surface area contributed by atoms with Crippen LogP contribution >= 0.6 is 24.0 Å². The second-order valence-electron chi connectivity index (χ2n) is 7.51. The van der Waals surface area contributed by atoms with Gasteiger partial charge in [0.15, 0.2) is 11.7 Å². The van der Waals surface area contributed by atoms with E-state index in [9.17, 15) is 0 Å². The van der Waals surface area contributed by atoms with Crippen LogP contribution in [-0.2, 0) is 6.54 Å². The molecular formula is C18H31IN4O. The maximum atomic E-state index is 5.41. The molecule has 0 unspecified atom stereocenters. The number of nitrogens with one attached hydrogen (secondary N) is 1. The van der Waals surface area contributed by atoms with Crippen LogP contribution in [-0.4, -0.2) is 36.2 Å². The number of nitrogens with zero attached hydrogens (tertiary/aromatic N) is 3. The van der Waals surface area contributed by atoms with Crippen molar-refractivity contribution in [3.63, 3.8) is 0 Å². The molecule has 0 amide bonds. The van der Waals surface area contributed by atoms with E-state index >= 15 is 0 Å². The molecule has 1 aliphatic carbocycles. The highest BCUT2D eigenvalue weighted by atomic mass is 127. The van der Waals surface area contributed by atoms with Crippen molar-refractivity contribution in [1.82, 2.24) is 15.4 Å². The van der Waals surface area contributed by atoms with Gasteiger partial charge in [-0.15, -0.1) is 24.0 Å². The Labute approximate surface area is 162 Å². The summed E-state index contributed by atoms with van der Waals surface area (Å²) in [6.45, 7) is 7.17. The largest absolute Gasteiger partial charge is 0.359 e. The SMILES string of the molecule is CN=C(NCc1cc(C(C)C)no1)N1CCC2(CCCCC2)C1.I. The standard InChI is InChI=1S/C18H30N4O.HI/c1-14(2)16-11-15(23-21-16)12-20-17(19-3)22-10-9-18(13-22)7-5-4-6-8-18;/h11,14H,4-10,12-13H2,1-3H3,(H,19,20);1H. The van der Waals surface area contributed by atoms with Crippen LogP contribution in [0, 0.1) is 5.41 Å². The number of aliphatic imine (C=N–C) groups is 1. The molecule has 1 spiro atoms. The van der Waals surface area contributed by atoms with Gasteiger partial charge in [0.2, 0.25) is 0 Å². The van der Waals surface area contributed by atoms with Gasteiger partial charge < -0.3 is 14.7 Å². The van der Waals surface area contributed by atoms with Gasteiger partial charge in [-0.05, 0) is 30.6 Å². The highest BCUT2D eigenvalue weighted by Crippen LogP contribution is 2.43. The first-order chi connectivity index (χ1) is 11.1. The Hall–Kier alpha value is -0.790. The fourth-order valence-electron chi connectivity index (χ4n) is 4.01. The van der Waals surface area contributed by atoms with E-state index in [0.29, 0.717) is 17.9 Å². The lowest BCUT2D eigenvalue weighted by molar-refractivity contribution is 0.203. The lowest BCUT2D eigenvalue weighted by Gasteiger charge is -2.33. The van der Waals surface area contributed by atoms with Gasteiger partial charge >= 0.3 is 0 Å². The first-order valence-electron chi connectivity index (χ1n) is 9.03. The number of aromatic nitrogens is 1. The third-order valence-corrected chi connectivity index (χ3v) is 5.45. The van der Waals surface area contributed by atoms with E-state index in [1.807, 2.05) is 13.1 Å². The summed E-state index contributed by atoms with van der Waals surface area (Å²) in [5.41, 5.74) is 1.56. The minimum absolute atomic E-state index is 0. The van der Waals surface area contributed by atoms with Crippen LogP contribution in [0.5, 0.6) is 0 Å². The summed E-state index contributed by atoms with van der Waals surface area (Å²) >= 11 is 0. The third-order valence-electron chi connectivity index (χ3n) is 5.45. The Balaban J connectivity index is 0.00000208. The molecule has 6 heteroatoms. The molecular weight excluding hydrogens is 415 g/mol. The highest BCUT2D eigenvalue weighted by molar-refractivity contribution is 14.0. The fourth-order valence-corrected chi connectivity index (χ4v) is 4.01. The molecule has 1 aromatic heterocycles. The van der Waals surface area contributed by atoms with Crippen molar-refractivity contribution in [2.24, 2.45) is 10.4 Å². The van der Waals surface area contributed by atoms with Crippen molar-refractivity contribution < 1.29 is 4.52 Å². The predicted octanol–water partition coefficient (Wildman–Crippen LogP) is 4.15. The molecule has 2 aliphatic rings. The van der Waals surface area contributed by atoms with E-state index in [2.05, 4.69) is 34.2 Å². The van der Waals surface area contributed by atoms with Gasteiger partial charge in [0.05, 0.1) is 12.2 Å². The second kappa shape index (κ2) is 8.54. The smallest absolute Gasteiger partial charge is 0.194 e.